The molecule has 164 valence electrons. The Bertz CT molecular complexity index is 1250. The molecule has 4 rings (SSSR count). The number of hydrogen-bond donors (Lipinski definition) is 0. The van der Waals surface area contributed by atoms with E-state index in [0.29, 0.717) is 44.2 Å². The molecule has 0 atom stereocenters. The van der Waals surface area contributed by atoms with Crippen LogP contribution < -0.4 is 0 Å². The van der Waals surface area contributed by atoms with Crippen LogP contribution in [0.2, 0.25) is 0 Å². The Hall–Kier alpha value is -2.74. The standard InChI is InChI=1S/C18H21N7O4S2/c1-30(26,27)16-6-4-15(5-7-16)25-18(20-21-22-25)14-23-9-11-24(12-10-23)31(28,29)17-3-2-8-19-13-17/h2-8,13H,9-12,14H2,1H3. The fraction of sp³-hybridized carbons (Fsp3) is 0.333. The molecule has 1 aliphatic heterocycles. The van der Waals surface area contributed by atoms with Gasteiger partial charge in [0.25, 0.3) is 0 Å². The van der Waals surface area contributed by atoms with Gasteiger partial charge in [-0.15, -0.1) is 5.10 Å². The number of piperazine rings is 1. The molecule has 13 heteroatoms. The van der Waals surface area contributed by atoms with Crippen molar-refractivity contribution in [2.24, 2.45) is 0 Å². The molecule has 1 fully saturated rings. The van der Waals surface area contributed by atoms with Crippen molar-refractivity contribution in [2.45, 2.75) is 16.3 Å². The molecule has 0 N–H and O–H groups in total. The number of hydrogen-bond acceptors (Lipinski definition) is 9. The lowest BCUT2D eigenvalue weighted by Gasteiger charge is -2.33. The average Bonchev–Trinajstić information content (AvgIpc) is 3.22. The van der Waals surface area contributed by atoms with Crippen LogP contribution in [0.15, 0.2) is 58.6 Å². The van der Waals surface area contributed by atoms with E-state index >= 15 is 0 Å². The molecule has 0 amide bonds. The Labute approximate surface area is 180 Å². The SMILES string of the molecule is CS(=O)(=O)c1ccc(-n2nnnc2CN2CCN(S(=O)(=O)c3cccnc3)CC2)cc1. The van der Waals surface area contributed by atoms with Gasteiger partial charge in [-0.3, -0.25) is 9.88 Å². The van der Waals surface area contributed by atoms with Gasteiger partial charge >= 0.3 is 0 Å². The van der Waals surface area contributed by atoms with Crippen molar-refractivity contribution in [3.05, 3.63) is 54.6 Å². The van der Waals surface area contributed by atoms with Crippen LogP contribution in [-0.2, 0) is 26.4 Å². The lowest BCUT2D eigenvalue weighted by atomic mass is 10.3. The summed E-state index contributed by atoms with van der Waals surface area (Å²) in [6.07, 6.45) is 4.04. The third-order valence-electron chi connectivity index (χ3n) is 5.01. The van der Waals surface area contributed by atoms with Gasteiger partial charge in [-0.25, -0.2) is 16.8 Å². The minimum Gasteiger partial charge on any atom is -0.293 e. The van der Waals surface area contributed by atoms with Crippen molar-refractivity contribution in [2.75, 3.05) is 32.4 Å². The van der Waals surface area contributed by atoms with E-state index in [2.05, 4.69) is 25.4 Å². The lowest BCUT2D eigenvalue weighted by Crippen LogP contribution is -2.48. The Morgan fingerprint density at radius 3 is 2.26 bits per heavy atom. The Kier molecular flexibility index (Phi) is 5.83. The number of sulfonamides is 1. The zero-order valence-corrected chi connectivity index (χ0v) is 18.4. The predicted molar refractivity (Wildman–Crippen MR) is 111 cm³/mol. The van der Waals surface area contributed by atoms with E-state index < -0.39 is 19.9 Å². The van der Waals surface area contributed by atoms with E-state index in [0.717, 1.165) is 6.26 Å². The predicted octanol–water partition coefficient (Wildman–Crippen LogP) is -0.0327. The van der Waals surface area contributed by atoms with E-state index in [1.54, 1.807) is 22.9 Å². The zero-order chi connectivity index (χ0) is 22.1. The molecule has 1 aromatic carbocycles. The minimum absolute atomic E-state index is 0.185. The molecular weight excluding hydrogens is 442 g/mol. The number of nitrogens with zero attached hydrogens (tertiary/aromatic N) is 7. The summed E-state index contributed by atoms with van der Waals surface area (Å²) in [6.45, 7) is 2.18. The van der Waals surface area contributed by atoms with Gasteiger partial charge in [0.2, 0.25) is 10.0 Å². The van der Waals surface area contributed by atoms with Crippen LogP contribution in [-0.4, -0.2) is 83.7 Å². The van der Waals surface area contributed by atoms with Crippen molar-refractivity contribution in [1.29, 1.82) is 0 Å². The highest BCUT2D eigenvalue weighted by Gasteiger charge is 2.29. The normalized spacial score (nSPS) is 16.4. The number of pyridine rings is 1. The molecule has 1 aliphatic rings. The fourth-order valence-corrected chi connectivity index (χ4v) is 5.33. The molecule has 0 aliphatic carbocycles. The van der Waals surface area contributed by atoms with Crippen LogP contribution in [0, 0.1) is 0 Å². The van der Waals surface area contributed by atoms with Crippen molar-refractivity contribution >= 4 is 19.9 Å². The molecule has 31 heavy (non-hydrogen) atoms. The van der Waals surface area contributed by atoms with E-state index in [9.17, 15) is 16.8 Å². The quantitative estimate of drug-likeness (QED) is 0.494. The summed E-state index contributed by atoms with van der Waals surface area (Å²) in [5.74, 6) is 0.579. The molecule has 3 heterocycles. The lowest BCUT2D eigenvalue weighted by molar-refractivity contribution is 0.177. The largest absolute Gasteiger partial charge is 0.293 e. The van der Waals surface area contributed by atoms with Crippen molar-refractivity contribution < 1.29 is 16.8 Å². The first-order chi connectivity index (χ1) is 14.7. The maximum Gasteiger partial charge on any atom is 0.244 e. The Morgan fingerprint density at radius 1 is 0.935 bits per heavy atom. The van der Waals surface area contributed by atoms with Gasteiger partial charge in [-0.2, -0.15) is 8.99 Å². The topological polar surface area (TPSA) is 131 Å². The van der Waals surface area contributed by atoms with Crippen LogP contribution in [0.25, 0.3) is 5.69 Å². The number of benzene rings is 1. The molecule has 3 aromatic rings. The van der Waals surface area contributed by atoms with Gasteiger partial charge < -0.3 is 0 Å². The number of rotatable bonds is 6. The van der Waals surface area contributed by atoms with E-state index in [4.69, 9.17) is 0 Å². The second kappa shape index (κ2) is 8.42. The Balaban J connectivity index is 1.43. The third-order valence-corrected chi connectivity index (χ3v) is 8.02. The minimum atomic E-state index is -3.57. The molecule has 2 aromatic heterocycles. The highest BCUT2D eigenvalue weighted by atomic mass is 32.2. The first-order valence-electron chi connectivity index (χ1n) is 9.45. The van der Waals surface area contributed by atoms with Gasteiger partial charge in [0.05, 0.1) is 17.1 Å². The van der Waals surface area contributed by atoms with Crippen LogP contribution in [0.3, 0.4) is 0 Å². The van der Waals surface area contributed by atoms with Gasteiger partial charge in [-0.1, -0.05) is 0 Å². The monoisotopic (exact) mass is 463 g/mol. The molecule has 0 bridgehead atoms. The molecule has 0 spiro atoms. The maximum atomic E-state index is 12.7. The number of tetrazole rings is 1. The summed E-state index contributed by atoms with van der Waals surface area (Å²) in [5.41, 5.74) is 0.644. The number of aromatic nitrogens is 5. The van der Waals surface area contributed by atoms with Crippen molar-refractivity contribution in [1.82, 2.24) is 34.4 Å². The Morgan fingerprint density at radius 2 is 1.65 bits per heavy atom. The average molecular weight is 464 g/mol. The van der Waals surface area contributed by atoms with Crippen LogP contribution >= 0.6 is 0 Å². The molecule has 11 nitrogen and oxygen atoms in total. The summed E-state index contributed by atoms with van der Waals surface area (Å²) in [7, 11) is -6.85. The maximum absolute atomic E-state index is 12.7. The smallest absolute Gasteiger partial charge is 0.244 e. The fourth-order valence-electron chi connectivity index (χ4n) is 3.32. The number of sulfone groups is 1. The summed E-state index contributed by atoms with van der Waals surface area (Å²) in [4.78, 5) is 6.37. The highest BCUT2D eigenvalue weighted by Crippen LogP contribution is 2.18. The van der Waals surface area contributed by atoms with Crippen LogP contribution in [0.1, 0.15) is 5.82 Å². The van der Waals surface area contributed by atoms with Gasteiger partial charge in [0.15, 0.2) is 15.7 Å². The summed E-state index contributed by atoms with van der Waals surface area (Å²) >= 11 is 0. The summed E-state index contributed by atoms with van der Waals surface area (Å²) < 4.78 is 51.8. The molecular formula is C18H21N7O4S2. The second-order valence-electron chi connectivity index (χ2n) is 7.14. The third kappa shape index (κ3) is 4.63. The first kappa shape index (κ1) is 21.5. The van der Waals surface area contributed by atoms with E-state index in [-0.39, 0.29) is 9.79 Å². The first-order valence-corrected chi connectivity index (χ1v) is 12.8. The summed E-state index contributed by atoms with van der Waals surface area (Å²) in [5, 5.41) is 11.8. The van der Waals surface area contributed by atoms with Crippen LogP contribution in [0.4, 0.5) is 0 Å². The highest BCUT2D eigenvalue weighted by molar-refractivity contribution is 7.90. The molecule has 0 unspecified atom stereocenters. The van der Waals surface area contributed by atoms with Gasteiger partial charge in [0, 0.05) is 44.8 Å². The van der Waals surface area contributed by atoms with Gasteiger partial charge in [-0.05, 0) is 46.8 Å². The molecule has 0 saturated carbocycles. The summed E-state index contributed by atoms with van der Waals surface area (Å²) in [6, 6.07) is 9.46. The second-order valence-corrected chi connectivity index (χ2v) is 11.1. The van der Waals surface area contributed by atoms with E-state index in [1.807, 2.05) is 0 Å². The van der Waals surface area contributed by atoms with Crippen LogP contribution in [0.5, 0.6) is 0 Å². The van der Waals surface area contributed by atoms with E-state index in [1.165, 1.54) is 34.9 Å². The molecule has 0 radical (unpaired) electrons. The van der Waals surface area contributed by atoms with Gasteiger partial charge in [0.1, 0.15) is 4.90 Å². The molecule has 1 saturated heterocycles. The van der Waals surface area contributed by atoms with Crippen molar-refractivity contribution in [3.63, 3.8) is 0 Å². The zero-order valence-electron chi connectivity index (χ0n) is 16.7. The van der Waals surface area contributed by atoms with Crippen molar-refractivity contribution in [3.8, 4) is 5.69 Å².